The molecule has 1 aliphatic rings. The number of unbranched alkanes of at least 4 members (excludes halogenated alkanes) is 4. The third kappa shape index (κ3) is 6.71. The van der Waals surface area contributed by atoms with Crippen molar-refractivity contribution in [1.82, 2.24) is 0 Å². The van der Waals surface area contributed by atoms with Gasteiger partial charge in [0.05, 0.1) is 18.0 Å². The molecule has 1 atom stereocenters. The molecule has 2 N–H and O–H groups in total. The van der Waals surface area contributed by atoms with Crippen molar-refractivity contribution < 1.29 is 23.4 Å². The highest BCUT2D eigenvalue weighted by Crippen LogP contribution is 2.53. The number of aliphatic carboxylic acids is 1. The number of nitrogens with zero attached hydrogens (tertiary/aromatic N) is 1. The van der Waals surface area contributed by atoms with Crippen LogP contribution in [0.25, 0.3) is 0 Å². The van der Waals surface area contributed by atoms with Gasteiger partial charge in [0.2, 0.25) is 10.0 Å². The maximum absolute atomic E-state index is 12.4. The first-order valence-electron chi connectivity index (χ1n) is 11.2. The maximum atomic E-state index is 12.4. The van der Waals surface area contributed by atoms with Gasteiger partial charge in [0.1, 0.15) is 0 Å². The second kappa shape index (κ2) is 11.1. The SMILES string of the molecule is CCCC1(C(O)c2cccc(N(CCCCCCCC(=O)O)S(C)(=O)=O)c2)CCC1. The largest absolute Gasteiger partial charge is 0.481 e. The molecule has 0 saturated heterocycles. The fraction of sp³-hybridized carbons (Fsp3) is 0.696. The van der Waals surface area contributed by atoms with Gasteiger partial charge in [0.15, 0.2) is 0 Å². The van der Waals surface area contributed by atoms with Gasteiger partial charge >= 0.3 is 5.97 Å². The highest BCUT2D eigenvalue weighted by molar-refractivity contribution is 7.92. The predicted octanol–water partition coefficient (Wildman–Crippen LogP) is 4.88. The topological polar surface area (TPSA) is 94.9 Å². The Kier molecular flexibility index (Phi) is 9.16. The fourth-order valence-electron chi connectivity index (χ4n) is 4.54. The van der Waals surface area contributed by atoms with Crippen molar-refractivity contribution in [3.8, 4) is 0 Å². The monoisotopic (exact) mass is 439 g/mol. The van der Waals surface area contributed by atoms with E-state index in [2.05, 4.69) is 6.92 Å². The van der Waals surface area contributed by atoms with Crippen molar-refractivity contribution in [3.05, 3.63) is 29.8 Å². The number of hydrogen-bond donors (Lipinski definition) is 2. The quantitative estimate of drug-likeness (QED) is 0.403. The number of carboxylic acid groups (broad SMARTS) is 1. The molecule has 170 valence electrons. The Labute approximate surface area is 181 Å². The van der Waals surface area contributed by atoms with Gasteiger partial charge in [-0.2, -0.15) is 0 Å². The highest BCUT2D eigenvalue weighted by atomic mass is 32.2. The molecule has 0 spiro atoms. The van der Waals surface area contributed by atoms with Crippen LogP contribution < -0.4 is 4.31 Å². The summed E-state index contributed by atoms with van der Waals surface area (Å²) < 4.78 is 26.3. The number of aliphatic hydroxyl groups is 1. The number of carboxylic acids is 1. The lowest BCUT2D eigenvalue weighted by Crippen LogP contribution is -2.36. The van der Waals surface area contributed by atoms with Crippen LogP contribution in [0.1, 0.15) is 89.2 Å². The van der Waals surface area contributed by atoms with Gasteiger partial charge < -0.3 is 10.2 Å². The van der Waals surface area contributed by atoms with Gasteiger partial charge in [-0.15, -0.1) is 0 Å². The Morgan fingerprint density at radius 2 is 1.83 bits per heavy atom. The van der Waals surface area contributed by atoms with Crippen molar-refractivity contribution in [1.29, 1.82) is 0 Å². The van der Waals surface area contributed by atoms with Crippen LogP contribution >= 0.6 is 0 Å². The lowest BCUT2D eigenvalue weighted by Gasteiger charge is -2.46. The molecule has 0 bridgehead atoms. The second-order valence-corrected chi connectivity index (χ2v) is 10.6. The molecule has 1 unspecified atom stereocenters. The standard InChI is InChI=1S/C23H37NO5S/c1-3-14-23(15-10-16-23)22(27)19-11-9-12-20(18-19)24(30(2,28)29)17-8-6-4-5-7-13-21(25)26/h9,11-12,18,22,27H,3-8,10,13-17H2,1-2H3,(H,25,26). The summed E-state index contributed by atoms with van der Waals surface area (Å²) >= 11 is 0. The van der Waals surface area contributed by atoms with Crippen LogP contribution in [0.3, 0.4) is 0 Å². The molecule has 1 aromatic carbocycles. The van der Waals surface area contributed by atoms with Crippen molar-refractivity contribution in [2.75, 3.05) is 17.1 Å². The van der Waals surface area contributed by atoms with Gasteiger partial charge in [-0.25, -0.2) is 8.42 Å². The Morgan fingerprint density at radius 1 is 1.17 bits per heavy atom. The fourth-order valence-corrected chi connectivity index (χ4v) is 5.50. The lowest BCUT2D eigenvalue weighted by molar-refractivity contribution is -0.137. The Bertz CT molecular complexity index is 789. The Morgan fingerprint density at radius 3 is 2.40 bits per heavy atom. The number of hydrogen-bond acceptors (Lipinski definition) is 4. The van der Waals surface area contributed by atoms with Crippen molar-refractivity contribution in [2.45, 2.75) is 83.7 Å². The average Bonchev–Trinajstić information content (AvgIpc) is 2.65. The van der Waals surface area contributed by atoms with E-state index in [4.69, 9.17) is 5.11 Å². The molecule has 30 heavy (non-hydrogen) atoms. The minimum Gasteiger partial charge on any atom is -0.481 e. The molecule has 0 heterocycles. The normalized spacial score (nSPS) is 16.6. The molecule has 0 aromatic heterocycles. The van der Waals surface area contributed by atoms with E-state index in [9.17, 15) is 18.3 Å². The minimum absolute atomic E-state index is 0.0702. The number of sulfonamides is 1. The van der Waals surface area contributed by atoms with Crippen LogP contribution in [0.5, 0.6) is 0 Å². The van der Waals surface area contributed by atoms with E-state index in [1.165, 1.54) is 10.6 Å². The van der Waals surface area contributed by atoms with Crippen molar-refractivity contribution in [3.63, 3.8) is 0 Å². The van der Waals surface area contributed by atoms with Crippen LogP contribution in [0.15, 0.2) is 24.3 Å². The van der Waals surface area contributed by atoms with E-state index in [1.807, 2.05) is 18.2 Å². The highest BCUT2D eigenvalue weighted by Gasteiger charge is 2.43. The number of anilines is 1. The van der Waals surface area contributed by atoms with Gasteiger partial charge in [-0.1, -0.05) is 51.2 Å². The van der Waals surface area contributed by atoms with Crippen molar-refractivity contribution in [2.24, 2.45) is 5.41 Å². The van der Waals surface area contributed by atoms with Crippen molar-refractivity contribution >= 4 is 21.7 Å². The zero-order valence-electron chi connectivity index (χ0n) is 18.3. The molecular weight excluding hydrogens is 402 g/mol. The minimum atomic E-state index is -3.43. The molecule has 7 heteroatoms. The van der Waals surface area contributed by atoms with E-state index in [1.54, 1.807) is 6.07 Å². The molecule has 1 aliphatic carbocycles. The van der Waals surface area contributed by atoms with E-state index < -0.39 is 22.1 Å². The molecule has 0 radical (unpaired) electrons. The number of benzene rings is 1. The summed E-state index contributed by atoms with van der Waals surface area (Å²) in [6, 6.07) is 7.34. The average molecular weight is 440 g/mol. The molecule has 1 fully saturated rings. The van der Waals surface area contributed by atoms with E-state index in [0.717, 1.165) is 56.9 Å². The van der Waals surface area contributed by atoms with Gasteiger partial charge in [-0.3, -0.25) is 9.10 Å². The molecule has 2 rings (SSSR count). The zero-order valence-corrected chi connectivity index (χ0v) is 19.2. The zero-order chi connectivity index (χ0) is 22.2. The molecule has 0 amide bonds. The summed E-state index contributed by atoms with van der Waals surface area (Å²) in [5, 5.41) is 19.7. The number of rotatable bonds is 14. The summed E-state index contributed by atoms with van der Waals surface area (Å²) in [4.78, 5) is 10.6. The summed E-state index contributed by atoms with van der Waals surface area (Å²) in [5.41, 5.74) is 1.33. The second-order valence-electron chi connectivity index (χ2n) is 8.71. The molecule has 6 nitrogen and oxygen atoms in total. The Balaban J connectivity index is 2.02. The van der Waals surface area contributed by atoms with Crippen LogP contribution in [0.2, 0.25) is 0 Å². The first-order valence-corrected chi connectivity index (χ1v) is 13.0. The van der Waals surface area contributed by atoms with E-state index in [-0.39, 0.29) is 11.8 Å². The summed E-state index contributed by atoms with van der Waals surface area (Å²) in [7, 11) is -3.43. The summed E-state index contributed by atoms with van der Waals surface area (Å²) in [5.74, 6) is -0.775. The summed E-state index contributed by atoms with van der Waals surface area (Å²) in [6.07, 6.45) is 9.97. The predicted molar refractivity (Wildman–Crippen MR) is 120 cm³/mol. The van der Waals surface area contributed by atoms with E-state index >= 15 is 0 Å². The van der Waals surface area contributed by atoms with Crippen LogP contribution in [-0.2, 0) is 14.8 Å². The van der Waals surface area contributed by atoms with Crippen LogP contribution in [0, 0.1) is 5.41 Å². The first kappa shape index (κ1) is 24.7. The lowest BCUT2D eigenvalue weighted by atomic mass is 9.61. The summed E-state index contributed by atoms with van der Waals surface area (Å²) in [6.45, 7) is 2.52. The maximum Gasteiger partial charge on any atom is 0.303 e. The molecule has 1 saturated carbocycles. The van der Waals surface area contributed by atoms with Gasteiger partial charge in [0, 0.05) is 18.4 Å². The van der Waals surface area contributed by atoms with E-state index in [0.29, 0.717) is 25.1 Å². The number of aliphatic hydroxyl groups excluding tert-OH is 1. The molecule has 1 aromatic rings. The third-order valence-corrected chi connectivity index (χ3v) is 7.50. The van der Waals surface area contributed by atoms with Crippen LogP contribution in [-0.4, -0.2) is 37.4 Å². The van der Waals surface area contributed by atoms with Crippen LogP contribution in [0.4, 0.5) is 5.69 Å². The smallest absolute Gasteiger partial charge is 0.303 e. The Hall–Kier alpha value is -1.60. The first-order chi connectivity index (χ1) is 14.2. The van der Waals surface area contributed by atoms with Gasteiger partial charge in [0.25, 0.3) is 0 Å². The molecular formula is C23H37NO5S. The third-order valence-electron chi connectivity index (χ3n) is 6.30. The number of carbonyl (C=O) groups is 1. The van der Waals surface area contributed by atoms with Gasteiger partial charge in [-0.05, 0) is 49.8 Å². The molecule has 0 aliphatic heterocycles.